The van der Waals surface area contributed by atoms with Crippen LogP contribution in [0, 0.1) is 0 Å². The molecule has 1 amide bonds. The summed E-state index contributed by atoms with van der Waals surface area (Å²) in [4.78, 5) is 12.3. The summed E-state index contributed by atoms with van der Waals surface area (Å²) in [6.07, 6.45) is 6.01. The van der Waals surface area contributed by atoms with Gasteiger partial charge < -0.3 is 9.15 Å². The van der Waals surface area contributed by atoms with Crippen LogP contribution in [-0.4, -0.2) is 20.6 Å². The molecule has 1 aromatic heterocycles. The predicted octanol–water partition coefficient (Wildman–Crippen LogP) is 4.59. The van der Waals surface area contributed by atoms with Gasteiger partial charge in [-0.1, -0.05) is 26.2 Å². The number of benzene rings is 1. The van der Waals surface area contributed by atoms with Gasteiger partial charge in [-0.2, -0.15) is 0 Å². The minimum absolute atomic E-state index is 0.000827. The number of amides is 1. The van der Waals surface area contributed by atoms with Crippen molar-refractivity contribution in [1.29, 1.82) is 0 Å². The van der Waals surface area contributed by atoms with Gasteiger partial charge in [0.25, 0.3) is 0 Å². The third kappa shape index (κ3) is 5.36. The SMILES string of the molecule is CCC(OC(=O)Nc1ccc(S(=O)(=O)NC2CCCCC2)cc1)c1ccco1. The normalized spacial score (nSPS) is 16.5. The van der Waals surface area contributed by atoms with Crippen LogP contribution in [0.1, 0.15) is 57.3 Å². The fourth-order valence-corrected chi connectivity index (χ4v) is 4.62. The molecule has 152 valence electrons. The van der Waals surface area contributed by atoms with Crippen molar-refractivity contribution in [2.45, 2.75) is 62.5 Å². The number of nitrogens with one attached hydrogen (secondary N) is 2. The van der Waals surface area contributed by atoms with Crippen molar-refractivity contribution in [2.24, 2.45) is 0 Å². The Labute approximate surface area is 165 Å². The van der Waals surface area contributed by atoms with Gasteiger partial charge in [0.15, 0.2) is 6.10 Å². The summed E-state index contributed by atoms with van der Waals surface area (Å²) in [5.74, 6) is 0.577. The number of rotatable bonds is 7. The fraction of sp³-hybridized carbons (Fsp3) is 0.450. The number of hydrogen-bond acceptors (Lipinski definition) is 5. The van der Waals surface area contributed by atoms with Gasteiger partial charge >= 0.3 is 6.09 Å². The first-order chi connectivity index (χ1) is 13.5. The molecular formula is C20H26N2O5S. The van der Waals surface area contributed by atoms with Crippen molar-refractivity contribution in [2.75, 3.05) is 5.32 Å². The Bertz CT molecular complexity index is 857. The van der Waals surface area contributed by atoms with Crippen LogP contribution in [0.2, 0.25) is 0 Å². The van der Waals surface area contributed by atoms with E-state index < -0.39 is 22.2 Å². The van der Waals surface area contributed by atoms with Crippen molar-refractivity contribution in [3.63, 3.8) is 0 Å². The molecule has 0 saturated heterocycles. The number of ether oxygens (including phenoxy) is 1. The number of sulfonamides is 1. The van der Waals surface area contributed by atoms with E-state index in [0.29, 0.717) is 17.9 Å². The molecule has 1 saturated carbocycles. The standard InChI is InChI=1S/C20H26N2O5S/c1-2-18(19-9-6-14-26-19)27-20(23)21-15-10-12-17(13-11-15)28(24,25)22-16-7-4-3-5-8-16/h6,9-14,16,18,22H,2-5,7-8H2,1H3,(H,21,23). The summed E-state index contributed by atoms with van der Waals surface area (Å²) in [5.41, 5.74) is 0.455. The van der Waals surface area contributed by atoms with E-state index >= 15 is 0 Å². The van der Waals surface area contributed by atoms with Crippen LogP contribution in [0.4, 0.5) is 10.5 Å². The summed E-state index contributed by atoms with van der Waals surface area (Å²) in [5, 5.41) is 2.61. The molecule has 8 heteroatoms. The number of furan rings is 1. The van der Waals surface area contributed by atoms with Gasteiger partial charge in [0.1, 0.15) is 5.76 Å². The van der Waals surface area contributed by atoms with Gasteiger partial charge in [0, 0.05) is 11.7 Å². The number of carbonyl (C=O) groups excluding carboxylic acids is 1. The lowest BCUT2D eigenvalue weighted by Gasteiger charge is -2.22. The number of anilines is 1. The molecule has 28 heavy (non-hydrogen) atoms. The van der Waals surface area contributed by atoms with E-state index in [1.54, 1.807) is 24.3 Å². The topological polar surface area (TPSA) is 97.6 Å². The summed E-state index contributed by atoms with van der Waals surface area (Å²) in [7, 11) is -3.56. The summed E-state index contributed by atoms with van der Waals surface area (Å²) in [6, 6.07) is 9.53. The van der Waals surface area contributed by atoms with Gasteiger partial charge in [-0.25, -0.2) is 17.9 Å². The molecule has 1 fully saturated rings. The largest absolute Gasteiger partial charge is 0.465 e. The Morgan fingerprint density at radius 2 is 1.89 bits per heavy atom. The molecule has 0 spiro atoms. The fourth-order valence-electron chi connectivity index (χ4n) is 3.32. The lowest BCUT2D eigenvalue weighted by Crippen LogP contribution is -2.36. The minimum atomic E-state index is -3.56. The molecule has 2 aromatic rings. The zero-order valence-electron chi connectivity index (χ0n) is 15.9. The maximum atomic E-state index is 12.5. The van der Waals surface area contributed by atoms with Crippen LogP contribution in [0.5, 0.6) is 0 Å². The Balaban J connectivity index is 1.58. The van der Waals surface area contributed by atoms with Gasteiger partial charge in [0.2, 0.25) is 10.0 Å². The summed E-state index contributed by atoms with van der Waals surface area (Å²) < 4.78 is 38.4. The molecule has 0 radical (unpaired) electrons. The van der Waals surface area contributed by atoms with Crippen molar-refractivity contribution < 1.29 is 22.4 Å². The highest BCUT2D eigenvalue weighted by Crippen LogP contribution is 2.23. The third-order valence-electron chi connectivity index (χ3n) is 4.82. The Morgan fingerprint density at radius 1 is 1.18 bits per heavy atom. The zero-order chi connectivity index (χ0) is 20.0. The van der Waals surface area contributed by atoms with Crippen LogP contribution >= 0.6 is 0 Å². The van der Waals surface area contributed by atoms with Crippen LogP contribution in [0.15, 0.2) is 52.0 Å². The van der Waals surface area contributed by atoms with Gasteiger partial charge in [-0.05, 0) is 55.7 Å². The summed E-state index contributed by atoms with van der Waals surface area (Å²) in [6.45, 7) is 1.89. The predicted molar refractivity (Wildman–Crippen MR) is 105 cm³/mol. The zero-order valence-corrected chi connectivity index (χ0v) is 16.7. The van der Waals surface area contributed by atoms with E-state index in [1.807, 2.05) is 6.92 Å². The third-order valence-corrected chi connectivity index (χ3v) is 6.36. The molecule has 7 nitrogen and oxygen atoms in total. The molecule has 3 rings (SSSR count). The van der Waals surface area contributed by atoms with Crippen LogP contribution < -0.4 is 10.0 Å². The second-order valence-electron chi connectivity index (χ2n) is 6.92. The van der Waals surface area contributed by atoms with Crippen LogP contribution in [-0.2, 0) is 14.8 Å². The Hall–Kier alpha value is -2.32. The van der Waals surface area contributed by atoms with E-state index in [4.69, 9.17) is 9.15 Å². The Morgan fingerprint density at radius 3 is 2.50 bits per heavy atom. The molecule has 0 bridgehead atoms. The van der Waals surface area contributed by atoms with E-state index in [0.717, 1.165) is 32.1 Å². The molecule has 0 aliphatic heterocycles. The van der Waals surface area contributed by atoms with E-state index in [2.05, 4.69) is 10.0 Å². The van der Waals surface area contributed by atoms with Gasteiger partial charge in [-0.3, -0.25) is 5.32 Å². The first kappa shape index (κ1) is 20.4. The molecule has 1 aliphatic carbocycles. The summed E-state index contributed by atoms with van der Waals surface area (Å²) >= 11 is 0. The van der Waals surface area contributed by atoms with Crippen molar-refractivity contribution in [3.05, 3.63) is 48.4 Å². The van der Waals surface area contributed by atoms with Crippen LogP contribution in [0.25, 0.3) is 0 Å². The Kier molecular flexibility index (Phi) is 6.74. The number of hydrogen-bond donors (Lipinski definition) is 2. The maximum absolute atomic E-state index is 12.5. The molecular weight excluding hydrogens is 380 g/mol. The molecule has 1 unspecified atom stereocenters. The average Bonchev–Trinajstić information content (AvgIpc) is 3.21. The molecule has 1 heterocycles. The van der Waals surface area contributed by atoms with E-state index in [-0.39, 0.29) is 10.9 Å². The molecule has 1 aliphatic rings. The molecule has 1 aromatic carbocycles. The highest BCUT2D eigenvalue weighted by Gasteiger charge is 2.22. The second kappa shape index (κ2) is 9.25. The first-order valence-electron chi connectivity index (χ1n) is 9.61. The quantitative estimate of drug-likeness (QED) is 0.701. The van der Waals surface area contributed by atoms with Crippen molar-refractivity contribution in [3.8, 4) is 0 Å². The smallest absolute Gasteiger partial charge is 0.412 e. The highest BCUT2D eigenvalue weighted by atomic mass is 32.2. The first-order valence-corrected chi connectivity index (χ1v) is 11.1. The minimum Gasteiger partial charge on any atom is -0.465 e. The average molecular weight is 407 g/mol. The van der Waals surface area contributed by atoms with Gasteiger partial charge in [-0.15, -0.1) is 0 Å². The molecule has 1 atom stereocenters. The number of carbonyl (C=O) groups is 1. The van der Waals surface area contributed by atoms with Crippen molar-refractivity contribution in [1.82, 2.24) is 4.72 Å². The highest BCUT2D eigenvalue weighted by molar-refractivity contribution is 7.89. The van der Waals surface area contributed by atoms with Gasteiger partial charge in [0.05, 0.1) is 11.2 Å². The van der Waals surface area contributed by atoms with E-state index in [1.165, 1.54) is 18.4 Å². The van der Waals surface area contributed by atoms with E-state index in [9.17, 15) is 13.2 Å². The second-order valence-corrected chi connectivity index (χ2v) is 8.64. The lowest BCUT2D eigenvalue weighted by molar-refractivity contribution is 0.0943. The monoisotopic (exact) mass is 406 g/mol. The van der Waals surface area contributed by atoms with Crippen molar-refractivity contribution >= 4 is 21.8 Å². The maximum Gasteiger partial charge on any atom is 0.412 e. The molecule has 2 N–H and O–H groups in total. The van der Waals surface area contributed by atoms with Crippen LogP contribution in [0.3, 0.4) is 0 Å². The lowest BCUT2D eigenvalue weighted by atomic mass is 9.96.